The van der Waals surface area contributed by atoms with Crippen LogP contribution in [0.3, 0.4) is 0 Å². The molecule has 9 N–H and O–H groups in total. The van der Waals surface area contributed by atoms with E-state index in [4.69, 9.17) is 53.6 Å². The summed E-state index contributed by atoms with van der Waals surface area (Å²) in [5, 5.41) is 53.6. The standard InChI is InChI=1S/C23H30FN6O7P.C18H21N2O7P.C11H14FN5O3.C4H9.CH4.ClH.Mg/c1-13(2)35-22(32)14(3)29-38(33,37-15-8-6-5-7-9-15)34-11-17-18(31)23(4,24)19(36-17)16-10-26-21-20(25)27-12-28-30(16)21;1-13(2)25-18(21)14(3)19-28(24,26-16-7-5-4-6-8-16)27-17-11-9-15(10-12-17)20(22)23;1-11(12)7(19)6(3-18)20-8(11)5-2-14-10-9(13)15-4-16-17(5)10;1-4(2)3;;;/h5-10,12-14,17-19,31H,11H2,1-4H3,(H,29,33)(H2,25,27,28);4-14H,1-3H3,(H,19,24);2,4,6-8,18-19H,3H2,1H3,(H2,13,15,16);1-3H3;1H4;1H;/q;;;-1;;;+2/p-1/t14-,17+,18+,19-,23+,38-;14-,28-;6-,7-,8+,11-;;;;/m001..../s1. The second-order valence-electron chi connectivity index (χ2n) is 21.7. The van der Waals surface area contributed by atoms with Crippen LogP contribution in [0.4, 0.5) is 26.1 Å². The van der Waals surface area contributed by atoms with Crippen molar-refractivity contribution in [1.29, 1.82) is 0 Å². The molecule has 4 aromatic heterocycles. The SMILES string of the molecule is C.CC(C)OC(=O)[C@H](C)N[P@](=O)(OC[C@H]1O[C@@H](c2cnc3c(N)ncnn23)[C@](C)(F)[C@@H]1O)Oc1ccccc1.CC(C)OC(=O)[C@H](C)N[P@](=O)(Oc1ccccc1)Oc1ccc([N+](=O)[O-])cc1.C[C-](C)C.C[C@@]1(F)[C@H](O)[C@@H](CO)O[C@H]1c1cnc2c(N)ncnn12.[Cl-].[Mg+2]. The minimum atomic E-state index is -4.26. The summed E-state index contributed by atoms with van der Waals surface area (Å²) in [6, 6.07) is 19.3. The normalized spacial score (nSPS) is 22.4. The Labute approximate surface area is 558 Å². The number of nitro groups is 1. The maximum Gasteiger partial charge on any atom is 2.00 e. The number of nitro benzene ring substituents is 1. The molecule has 0 unspecified atom stereocenters. The number of alkyl halides is 2. The van der Waals surface area contributed by atoms with E-state index >= 15 is 4.39 Å². The summed E-state index contributed by atoms with van der Waals surface area (Å²) in [4.78, 5) is 50.4. The number of para-hydroxylation sites is 2. The van der Waals surface area contributed by atoms with E-state index in [1.54, 1.807) is 88.4 Å². The number of benzene rings is 3. The van der Waals surface area contributed by atoms with Crippen molar-refractivity contribution in [2.75, 3.05) is 24.7 Å². The van der Waals surface area contributed by atoms with E-state index in [1.165, 1.54) is 85.0 Å². The van der Waals surface area contributed by atoms with Gasteiger partial charge in [-0.25, -0.2) is 46.9 Å². The minimum absolute atomic E-state index is 0. The number of imidazole rings is 2. The number of nitrogens with zero attached hydrogens (tertiary/aromatic N) is 9. The van der Waals surface area contributed by atoms with E-state index in [0.717, 1.165) is 6.92 Å². The molecule has 6 heterocycles. The van der Waals surface area contributed by atoms with Crippen molar-refractivity contribution < 1.29 is 97.2 Å². The zero-order valence-electron chi connectivity index (χ0n) is 52.1. The van der Waals surface area contributed by atoms with Crippen molar-refractivity contribution in [2.24, 2.45) is 0 Å². The molecule has 0 amide bonds. The third-order valence-corrected chi connectivity index (χ3v) is 15.9. The zero-order valence-corrected chi connectivity index (χ0v) is 56.0. The van der Waals surface area contributed by atoms with E-state index in [2.05, 4.69) is 61.1 Å². The van der Waals surface area contributed by atoms with Gasteiger partial charge in [0.05, 0.1) is 54.1 Å². The molecule has 30 nitrogen and oxygen atoms in total. The average Bonchev–Trinajstić information content (AvgIpc) is 1.61. The number of ether oxygens (including phenoxy) is 4. The molecule has 0 spiro atoms. The van der Waals surface area contributed by atoms with E-state index in [1.807, 2.05) is 0 Å². The number of rotatable bonds is 21. The maximum atomic E-state index is 15.8. The topological polar surface area (TPSA) is 408 Å². The van der Waals surface area contributed by atoms with Crippen LogP contribution < -0.4 is 47.6 Å². The Balaban J connectivity index is 0.000000363. The first-order valence-electron chi connectivity index (χ1n) is 27.8. The van der Waals surface area contributed by atoms with Gasteiger partial charge in [0.15, 0.2) is 34.3 Å². The summed E-state index contributed by atoms with van der Waals surface area (Å²) in [5.74, 6) is 0.870. The second kappa shape index (κ2) is 35.1. The van der Waals surface area contributed by atoms with Crippen LogP contribution in [0, 0.1) is 16.0 Å². The van der Waals surface area contributed by atoms with Crippen molar-refractivity contribution in [3.8, 4) is 17.2 Å². The summed E-state index contributed by atoms with van der Waals surface area (Å²) in [7, 11) is -8.34. The number of hydrogen-bond donors (Lipinski definition) is 7. The second-order valence-corrected chi connectivity index (χ2v) is 25.0. The molecule has 0 bridgehead atoms. The molecular formula is C57H78ClF2MgN13O17P2. The Morgan fingerprint density at radius 1 is 0.688 bits per heavy atom. The van der Waals surface area contributed by atoms with Gasteiger partial charge < -0.3 is 77.6 Å². The van der Waals surface area contributed by atoms with Crippen LogP contribution in [-0.4, -0.2) is 168 Å². The molecule has 2 saturated heterocycles. The maximum absolute atomic E-state index is 15.8. The Kier molecular flexibility index (Phi) is 30.3. The van der Waals surface area contributed by atoms with Crippen molar-refractivity contribution in [2.45, 2.75) is 156 Å². The Morgan fingerprint density at radius 2 is 1.05 bits per heavy atom. The number of hydrogen-bond acceptors (Lipinski definition) is 25. The first-order chi connectivity index (χ1) is 42.3. The molecular weight excluding hydrogens is 1300 g/mol. The number of nitrogen functional groups attached to an aromatic ring is 2. The van der Waals surface area contributed by atoms with Crippen molar-refractivity contribution in [1.82, 2.24) is 49.3 Å². The predicted molar refractivity (Wildman–Crippen MR) is 333 cm³/mol. The minimum Gasteiger partial charge on any atom is -1.00 e. The molecule has 12 atom stereocenters. The summed E-state index contributed by atoms with van der Waals surface area (Å²) in [5.41, 5.74) is 7.90. The smallest absolute Gasteiger partial charge is 1.00 e. The molecule has 3 aromatic carbocycles. The third kappa shape index (κ3) is 21.3. The van der Waals surface area contributed by atoms with Gasteiger partial charge in [0, 0.05) is 12.1 Å². The van der Waals surface area contributed by atoms with Gasteiger partial charge in [0.2, 0.25) is 0 Å². The number of non-ortho nitro benzene ring substituents is 1. The first-order valence-corrected chi connectivity index (χ1v) is 30.9. The number of carbonyl (C=O) groups excluding carboxylic acids is 2. The van der Waals surface area contributed by atoms with E-state index in [0.29, 0.717) is 5.69 Å². The van der Waals surface area contributed by atoms with Gasteiger partial charge in [-0.15, -0.1) is 0 Å². The summed E-state index contributed by atoms with van der Waals surface area (Å²) < 4.78 is 104. The number of carbonyl (C=O) groups is 2. The van der Waals surface area contributed by atoms with Crippen LogP contribution >= 0.6 is 15.5 Å². The monoisotopic (exact) mass is 1380 g/mol. The number of esters is 2. The van der Waals surface area contributed by atoms with Gasteiger partial charge >= 0.3 is 50.5 Å². The molecule has 2 fully saturated rings. The molecule has 36 heteroatoms. The molecule has 0 aliphatic carbocycles. The number of nitrogens with one attached hydrogen (secondary N) is 2. The van der Waals surface area contributed by atoms with Crippen molar-refractivity contribution in [3.63, 3.8) is 0 Å². The number of aliphatic hydroxyl groups is 3. The average molecular weight is 1380 g/mol. The number of aromatic nitrogens is 8. The van der Waals surface area contributed by atoms with Crippen molar-refractivity contribution in [3.05, 3.63) is 137 Å². The van der Waals surface area contributed by atoms with Gasteiger partial charge in [0.1, 0.15) is 78.6 Å². The van der Waals surface area contributed by atoms with Crippen LogP contribution in [0.1, 0.15) is 107 Å². The molecule has 93 heavy (non-hydrogen) atoms. The molecule has 506 valence electrons. The number of anilines is 2. The zero-order chi connectivity index (χ0) is 66.5. The predicted octanol–water partition coefficient (Wildman–Crippen LogP) is 4.57. The van der Waals surface area contributed by atoms with Crippen LogP contribution in [0.25, 0.3) is 11.3 Å². The molecule has 2 aliphatic heterocycles. The molecule has 0 radical (unpaired) electrons. The fraction of sp³-hybridized carbons (Fsp3) is 0.456. The summed E-state index contributed by atoms with van der Waals surface area (Å²) in [6.07, 6.45) is -3.48. The van der Waals surface area contributed by atoms with Crippen LogP contribution in [0.2, 0.25) is 0 Å². The van der Waals surface area contributed by atoms with Gasteiger partial charge in [-0.05, 0) is 91.8 Å². The van der Waals surface area contributed by atoms with Gasteiger partial charge in [-0.3, -0.25) is 24.2 Å². The number of fused-ring (bicyclic) bond motifs is 2. The quantitative estimate of drug-likeness (QED) is 0.0129. The molecule has 0 saturated carbocycles. The van der Waals surface area contributed by atoms with E-state index < -0.39 is 112 Å². The fourth-order valence-electron chi connectivity index (χ4n) is 8.44. The van der Waals surface area contributed by atoms with Gasteiger partial charge in [-0.2, -0.15) is 41.1 Å². The number of nitrogens with two attached hydrogens (primary N) is 2. The fourth-order valence-corrected chi connectivity index (χ4v) is 11.5. The number of halogens is 3. The van der Waals surface area contributed by atoms with E-state index in [9.17, 15) is 43.4 Å². The Morgan fingerprint density at radius 3 is 1.43 bits per heavy atom. The molecule has 7 aromatic rings. The van der Waals surface area contributed by atoms with Crippen LogP contribution in [0.15, 0.2) is 110 Å². The van der Waals surface area contributed by atoms with Crippen LogP contribution in [-0.2, 0) is 42.2 Å². The largest absolute Gasteiger partial charge is 2.00 e. The summed E-state index contributed by atoms with van der Waals surface area (Å²) in [6.45, 7) is 17.2. The molecule has 2 aliphatic rings. The molecule has 9 rings (SSSR count). The first kappa shape index (κ1) is 80.4. The van der Waals surface area contributed by atoms with E-state index in [-0.39, 0.29) is 101 Å². The van der Waals surface area contributed by atoms with Crippen molar-refractivity contribution >= 4 is 79.1 Å². The van der Waals surface area contributed by atoms with Gasteiger partial charge in [-0.1, -0.05) is 43.8 Å². The Hall–Kier alpha value is -6.84. The van der Waals surface area contributed by atoms with Gasteiger partial charge in [0.25, 0.3) is 5.69 Å². The Bertz CT molecular complexity index is 3610. The summed E-state index contributed by atoms with van der Waals surface area (Å²) >= 11 is 0. The third-order valence-electron chi connectivity index (χ3n) is 12.7. The number of aliphatic hydroxyl groups excluding tert-OH is 3. The van der Waals surface area contributed by atoms with Crippen LogP contribution in [0.5, 0.6) is 17.2 Å².